The van der Waals surface area contributed by atoms with Crippen LogP contribution in [0.5, 0.6) is 0 Å². The minimum absolute atomic E-state index is 0. The van der Waals surface area contributed by atoms with Gasteiger partial charge in [-0.2, -0.15) is 4.99 Å². The molecule has 5 nitrogen and oxygen atoms in total. The highest BCUT2D eigenvalue weighted by molar-refractivity contribution is 6.30. The Morgan fingerprint density at radius 1 is 1.00 bits per heavy atom. The van der Waals surface area contributed by atoms with Crippen LogP contribution < -0.4 is 16.4 Å². The molecule has 7 heteroatoms. The summed E-state index contributed by atoms with van der Waals surface area (Å²) in [6.45, 7) is 0. The van der Waals surface area contributed by atoms with Gasteiger partial charge in [0.05, 0.1) is 0 Å². The van der Waals surface area contributed by atoms with Crippen LogP contribution in [0.1, 0.15) is 5.56 Å². The third-order valence-corrected chi connectivity index (χ3v) is 3.67. The Morgan fingerprint density at radius 2 is 1.65 bits per heavy atom. The average molecular weight is 350 g/mol. The van der Waals surface area contributed by atoms with E-state index in [1.165, 1.54) is 0 Å². The normalized spacial score (nSPS) is 17.1. The number of guanidine groups is 2. The van der Waals surface area contributed by atoms with Gasteiger partial charge in [-0.25, -0.2) is 4.99 Å². The molecule has 1 heterocycles. The summed E-state index contributed by atoms with van der Waals surface area (Å²) in [5.41, 5.74) is 13.9. The predicted molar refractivity (Wildman–Crippen MR) is 98.4 cm³/mol. The van der Waals surface area contributed by atoms with Crippen molar-refractivity contribution in [2.75, 3.05) is 4.90 Å². The minimum Gasteiger partial charge on any atom is -0.369 e. The lowest BCUT2D eigenvalue weighted by Gasteiger charge is -2.32. The third kappa shape index (κ3) is 3.94. The van der Waals surface area contributed by atoms with Gasteiger partial charge in [0.2, 0.25) is 11.9 Å². The van der Waals surface area contributed by atoms with Crippen molar-refractivity contribution in [2.45, 2.75) is 12.6 Å². The summed E-state index contributed by atoms with van der Waals surface area (Å²) in [7, 11) is 0. The van der Waals surface area contributed by atoms with Crippen LogP contribution in [0.3, 0.4) is 0 Å². The van der Waals surface area contributed by atoms with Gasteiger partial charge in [-0.05, 0) is 29.8 Å². The van der Waals surface area contributed by atoms with Gasteiger partial charge >= 0.3 is 0 Å². The van der Waals surface area contributed by atoms with E-state index in [4.69, 9.17) is 23.1 Å². The molecule has 0 saturated carbocycles. The molecule has 23 heavy (non-hydrogen) atoms. The first-order valence-corrected chi connectivity index (χ1v) is 7.27. The zero-order chi connectivity index (χ0) is 15.5. The van der Waals surface area contributed by atoms with E-state index in [2.05, 4.69) is 9.98 Å². The molecular formula is C16H17Cl2N5. The third-order valence-electron chi connectivity index (χ3n) is 3.42. The number of nitrogens with two attached hydrogens (primary N) is 2. The van der Waals surface area contributed by atoms with Crippen molar-refractivity contribution < 1.29 is 0 Å². The van der Waals surface area contributed by atoms with Crippen molar-refractivity contribution in [2.24, 2.45) is 21.5 Å². The van der Waals surface area contributed by atoms with Gasteiger partial charge in [-0.3, -0.25) is 4.90 Å². The molecule has 1 aliphatic rings. The maximum atomic E-state index is 6.07. The Labute approximate surface area is 146 Å². The number of benzene rings is 2. The molecular weight excluding hydrogens is 333 g/mol. The van der Waals surface area contributed by atoms with E-state index in [9.17, 15) is 0 Å². The van der Waals surface area contributed by atoms with E-state index < -0.39 is 0 Å². The molecule has 0 aromatic heterocycles. The van der Waals surface area contributed by atoms with Crippen molar-refractivity contribution in [3.05, 3.63) is 65.2 Å². The molecule has 0 spiro atoms. The smallest absolute Gasteiger partial charge is 0.220 e. The summed E-state index contributed by atoms with van der Waals surface area (Å²) >= 11 is 5.95. The van der Waals surface area contributed by atoms with Crippen LogP contribution in [0.25, 0.3) is 0 Å². The quantitative estimate of drug-likeness (QED) is 0.893. The van der Waals surface area contributed by atoms with E-state index >= 15 is 0 Å². The lowest BCUT2D eigenvalue weighted by molar-refractivity contribution is 0.679. The summed E-state index contributed by atoms with van der Waals surface area (Å²) in [4.78, 5) is 10.4. The predicted octanol–water partition coefficient (Wildman–Crippen LogP) is 2.78. The minimum atomic E-state index is -0.235. The van der Waals surface area contributed by atoms with Crippen LogP contribution in [0.2, 0.25) is 5.02 Å². The monoisotopic (exact) mass is 349 g/mol. The summed E-state index contributed by atoms with van der Waals surface area (Å²) in [6, 6.07) is 17.5. The summed E-state index contributed by atoms with van der Waals surface area (Å²) in [6.07, 6.45) is 0.446. The van der Waals surface area contributed by atoms with E-state index in [0.717, 1.165) is 11.3 Å². The van der Waals surface area contributed by atoms with Crippen molar-refractivity contribution in [3.63, 3.8) is 0 Å². The second-order valence-electron chi connectivity index (χ2n) is 4.97. The molecule has 120 valence electrons. The standard InChI is InChI=1S/C16H16ClN5.ClH/c17-12-6-8-13(9-7-12)22-14(20-15(18)21-16(22)19)10-11-4-2-1-3-5-11;/h1-9,14H,10H2,(H4,18,19,20,21);1H. The van der Waals surface area contributed by atoms with E-state index in [-0.39, 0.29) is 24.5 Å². The van der Waals surface area contributed by atoms with Gasteiger partial charge in [-0.15, -0.1) is 12.4 Å². The van der Waals surface area contributed by atoms with Crippen LogP contribution in [0, 0.1) is 0 Å². The SMILES string of the molecule is Cl.NC1=NC(Cc2ccccc2)N(c2ccc(Cl)cc2)C(N)=N1. The van der Waals surface area contributed by atoms with E-state index in [1.807, 2.05) is 59.5 Å². The number of anilines is 1. The fourth-order valence-electron chi connectivity index (χ4n) is 2.43. The molecule has 4 N–H and O–H groups in total. The van der Waals surface area contributed by atoms with Gasteiger partial charge in [0, 0.05) is 17.1 Å². The van der Waals surface area contributed by atoms with Gasteiger partial charge in [0.25, 0.3) is 0 Å². The Morgan fingerprint density at radius 3 is 2.30 bits per heavy atom. The second kappa shape index (κ2) is 7.35. The van der Waals surface area contributed by atoms with Gasteiger partial charge in [0.15, 0.2) is 0 Å². The van der Waals surface area contributed by atoms with Crippen LogP contribution in [0.4, 0.5) is 5.69 Å². The maximum absolute atomic E-state index is 6.07. The highest BCUT2D eigenvalue weighted by Crippen LogP contribution is 2.24. The van der Waals surface area contributed by atoms with Crippen LogP contribution >= 0.6 is 24.0 Å². The summed E-state index contributed by atoms with van der Waals surface area (Å²) < 4.78 is 0. The number of nitrogens with zero attached hydrogens (tertiary/aromatic N) is 3. The lowest BCUT2D eigenvalue weighted by atomic mass is 10.1. The number of rotatable bonds is 3. The Bertz CT molecular complexity index is 713. The topological polar surface area (TPSA) is 80.0 Å². The number of hydrogen-bond donors (Lipinski definition) is 2. The first-order chi connectivity index (χ1) is 10.6. The van der Waals surface area contributed by atoms with E-state index in [0.29, 0.717) is 17.4 Å². The lowest BCUT2D eigenvalue weighted by Crippen LogP contribution is -2.49. The molecule has 1 aliphatic heterocycles. The van der Waals surface area contributed by atoms with Crippen LogP contribution in [0.15, 0.2) is 64.6 Å². The largest absolute Gasteiger partial charge is 0.369 e. The summed E-state index contributed by atoms with van der Waals surface area (Å²) in [5.74, 6) is 0.527. The van der Waals surface area contributed by atoms with Gasteiger partial charge < -0.3 is 11.5 Å². The zero-order valence-corrected chi connectivity index (χ0v) is 13.8. The van der Waals surface area contributed by atoms with Crippen molar-refractivity contribution in [1.29, 1.82) is 0 Å². The van der Waals surface area contributed by atoms with Crippen molar-refractivity contribution in [3.8, 4) is 0 Å². The molecule has 0 saturated heterocycles. The first-order valence-electron chi connectivity index (χ1n) is 6.89. The Balaban J connectivity index is 0.00000192. The van der Waals surface area contributed by atoms with Gasteiger partial charge in [-0.1, -0.05) is 41.9 Å². The van der Waals surface area contributed by atoms with E-state index in [1.54, 1.807) is 0 Å². The molecule has 0 aliphatic carbocycles. The fourth-order valence-corrected chi connectivity index (χ4v) is 2.56. The second-order valence-corrected chi connectivity index (χ2v) is 5.41. The number of hydrogen-bond acceptors (Lipinski definition) is 5. The fraction of sp³-hybridized carbons (Fsp3) is 0.125. The van der Waals surface area contributed by atoms with Crippen LogP contribution in [-0.2, 0) is 6.42 Å². The molecule has 0 amide bonds. The Hall–Kier alpha value is -2.24. The molecule has 2 aromatic rings. The maximum Gasteiger partial charge on any atom is 0.220 e. The molecule has 0 bridgehead atoms. The van der Waals surface area contributed by atoms with Crippen molar-refractivity contribution in [1.82, 2.24) is 0 Å². The molecule has 0 fully saturated rings. The first kappa shape index (κ1) is 17.1. The molecule has 3 rings (SSSR count). The van der Waals surface area contributed by atoms with Crippen molar-refractivity contribution >= 4 is 41.6 Å². The summed E-state index contributed by atoms with van der Waals surface area (Å²) in [5, 5.41) is 0.666. The van der Waals surface area contributed by atoms with Crippen LogP contribution in [-0.4, -0.2) is 18.1 Å². The number of halogens is 2. The molecule has 0 radical (unpaired) electrons. The molecule has 2 aromatic carbocycles. The van der Waals surface area contributed by atoms with Gasteiger partial charge in [0.1, 0.15) is 6.17 Å². The zero-order valence-electron chi connectivity index (χ0n) is 12.3. The highest BCUT2D eigenvalue weighted by Gasteiger charge is 2.26. The Kier molecular flexibility index (Phi) is 5.47. The molecule has 1 unspecified atom stereocenters. The highest BCUT2D eigenvalue weighted by atomic mass is 35.5. The number of aliphatic imine (C=N–C) groups is 2. The molecule has 1 atom stereocenters. The average Bonchev–Trinajstić information content (AvgIpc) is 2.49.